The first-order valence-corrected chi connectivity index (χ1v) is 6.38. The van der Waals surface area contributed by atoms with Crippen molar-refractivity contribution >= 4 is 18.4 Å². The summed E-state index contributed by atoms with van der Waals surface area (Å²) in [6.07, 6.45) is -3.91. The number of hydrogen-bond donors (Lipinski definition) is 4. The number of nitrogens with zero attached hydrogens (tertiary/aromatic N) is 4. The zero-order chi connectivity index (χ0) is 15.7. The van der Waals surface area contributed by atoms with Gasteiger partial charge in [0.05, 0.1) is 12.4 Å². The lowest BCUT2D eigenvalue weighted by atomic mass is 10.1. The zero-order valence-corrected chi connectivity index (χ0v) is 11.8. The van der Waals surface area contributed by atoms with Crippen LogP contribution < -0.4 is 5.73 Å². The molecular formula is C12H19N5O4. The maximum absolute atomic E-state index is 10.1. The Balaban J connectivity index is 2.39. The van der Waals surface area contributed by atoms with Crippen molar-refractivity contribution in [1.82, 2.24) is 9.55 Å². The van der Waals surface area contributed by atoms with Gasteiger partial charge in [0.25, 0.3) is 0 Å². The summed E-state index contributed by atoms with van der Waals surface area (Å²) < 4.78 is 6.91. The molecule has 116 valence electrons. The van der Waals surface area contributed by atoms with E-state index in [1.165, 1.54) is 24.9 Å². The summed E-state index contributed by atoms with van der Waals surface area (Å²) in [5.41, 5.74) is 6.02. The van der Waals surface area contributed by atoms with Crippen LogP contribution in [0.5, 0.6) is 0 Å². The number of amidine groups is 1. The molecule has 1 aliphatic rings. The molecule has 1 fully saturated rings. The summed E-state index contributed by atoms with van der Waals surface area (Å²) in [5.74, 6) is 0.428. The fourth-order valence-corrected chi connectivity index (χ4v) is 2.30. The van der Waals surface area contributed by atoms with Gasteiger partial charge in [0.15, 0.2) is 12.0 Å². The van der Waals surface area contributed by atoms with E-state index < -0.39 is 30.6 Å². The molecule has 1 aromatic heterocycles. The maximum atomic E-state index is 10.1. The van der Waals surface area contributed by atoms with E-state index in [-0.39, 0.29) is 11.7 Å². The second-order valence-electron chi connectivity index (χ2n) is 4.80. The van der Waals surface area contributed by atoms with Crippen molar-refractivity contribution in [2.75, 3.05) is 7.05 Å². The zero-order valence-electron chi connectivity index (χ0n) is 11.8. The fraction of sp³-hybridized carbons (Fsp3) is 0.583. The van der Waals surface area contributed by atoms with E-state index >= 15 is 0 Å². The van der Waals surface area contributed by atoms with E-state index in [1.54, 1.807) is 0 Å². The van der Waals surface area contributed by atoms with Crippen molar-refractivity contribution in [1.29, 1.82) is 0 Å². The smallest absolute Gasteiger partial charge is 0.165 e. The van der Waals surface area contributed by atoms with Gasteiger partial charge in [0.1, 0.15) is 29.8 Å². The van der Waals surface area contributed by atoms with Gasteiger partial charge in [-0.15, -0.1) is 0 Å². The van der Waals surface area contributed by atoms with Gasteiger partial charge in [0.2, 0.25) is 0 Å². The van der Waals surface area contributed by atoms with Crippen LogP contribution in [0.25, 0.3) is 0 Å². The van der Waals surface area contributed by atoms with E-state index in [9.17, 15) is 15.3 Å². The summed E-state index contributed by atoms with van der Waals surface area (Å²) >= 11 is 0. The Kier molecular flexibility index (Phi) is 4.37. The number of aliphatic imine (C=N–C) groups is 2. The summed E-state index contributed by atoms with van der Waals surface area (Å²) in [7, 11) is 1.51. The Morgan fingerprint density at radius 2 is 2.19 bits per heavy atom. The van der Waals surface area contributed by atoms with Gasteiger partial charge in [-0.1, -0.05) is 0 Å². The van der Waals surface area contributed by atoms with Crippen LogP contribution in [0, 0.1) is 0 Å². The third-order valence-corrected chi connectivity index (χ3v) is 3.43. The minimum Gasteiger partial charge on any atom is -0.391 e. The Labute approximate surface area is 121 Å². The molecule has 2 heterocycles. The van der Waals surface area contributed by atoms with Crippen LogP contribution in [0.1, 0.15) is 18.8 Å². The third-order valence-electron chi connectivity index (χ3n) is 3.43. The number of nitrogens with two attached hydrogens (primary N) is 1. The molecule has 0 radical (unpaired) electrons. The van der Waals surface area contributed by atoms with Crippen LogP contribution >= 0.6 is 0 Å². The van der Waals surface area contributed by atoms with Gasteiger partial charge in [-0.2, -0.15) is 0 Å². The van der Waals surface area contributed by atoms with E-state index in [0.717, 1.165) is 0 Å². The Hall–Kier alpha value is -1.81. The highest BCUT2D eigenvalue weighted by atomic mass is 16.6. The molecule has 0 amide bonds. The number of rotatable bonds is 4. The lowest BCUT2D eigenvalue weighted by Crippen LogP contribution is -2.37. The quantitative estimate of drug-likeness (QED) is 0.396. The molecule has 0 aliphatic carbocycles. The molecule has 21 heavy (non-hydrogen) atoms. The maximum Gasteiger partial charge on any atom is 0.165 e. The summed E-state index contributed by atoms with van der Waals surface area (Å²) in [6, 6.07) is 0. The second-order valence-corrected chi connectivity index (χ2v) is 4.80. The van der Waals surface area contributed by atoms with Crippen molar-refractivity contribution in [3.63, 3.8) is 0 Å². The van der Waals surface area contributed by atoms with E-state index in [2.05, 4.69) is 21.7 Å². The van der Waals surface area contributed by atoms with Gasteiger partial charge in [-0.3, -0.25) is 9.56 Å². The first kappa shape index (κ1) is 15.6. The van der Waals surface area contributed by atoms with Crippen LogP contribution in [-0.2, 0) is 4.74 Å². The molecule has 5 atom stereocenters. The molecule has 1 aromatic rings. The number of aliphatic hydroxyl groups excluding tert-OH is 3. The molecule has 1 aliphatic heterocycles. The van der Waals surface area contributed by atoms with Crippen molar-refractivity contribution in [2.45, 2.75) is 37.6 Å². The lowest BCUT2D eigenvalue weighted by Gasteiger charge is -2.18. The second kappa shape index (κ2) is 5.90. The van der Waals surface area contributed by atoms with E-state index in [1.807, 2.05) is 0 Å². The highest BCUT2D eigenvalue weighted by Crippen LogP contribution is 2.34. The number of aliphatic hydroxyl groups is 3. The molecule has 0 aromatic carbocycles. The third kappa shape index (κ3) is 2.56. The first-order valence-electron chi connectivity index (χ1n) is 6.38. The van der Waals surface area contributed by atoms with E-state index in [0.29, 0.717) is 5.69 Å². The summed E-state index contributed by atoms with van der Waals surface area (Å²) in [4.78, 5) is 11.7. The van der Waals surface area contributed by atoms with E-state index in [4.69, 9.17) is 10.5 Å². The van der Waals surface area contributed by atoms with Crippen molar-refractivity contribution in [3.8, 4) is 0 Å². The van der Waals surface area contributed by atoms with Gasteiger partial charge < -0.3 is 25.8 Å². The highest BCUT2D eigenvalue weighted by Gasteiger charge is 2.46. The fourth-order valence-electron chi connectivity index (χ4n) is 2.30. The molecule has 0 spiro atoms. The predicted molar refractivity (Wildman–Crippen MR) is 75.7 cm³/mol. The summed E-state index contributed by atoms with van der Waals surface area (Å²) in [5, 5.41) is 29.6. The largest absolute Gasteiger partial charge is 0.391 e. The Bertz CT molecular complexity index is 556. The van der Waals surface area contributed by atoms with Gasteiger partial charge in [-0.25, -0.2) is 9.98 Å². The first-order chi connectivity index (χ1) is 9.92. The van der Waals surface area contributed by atoms with Crippen molar-refractivity contribution in [3.05, 3.63) is 12.0 Å². The average molecular weight is 297 g/mol. The van der Waals surface area contributed by atoms with Crippen molar-refractivity contribution < 1.29 is 20.1 Å². The average Bonchev–Trinajstić information content (AvgIpc) is 3.00. The van der Waals surface area contributed by atoms with Gasteiger partial charge >= 0.3 is 0 Å². The van der Waals surface area contributed by atoms with Crippen LogP contribution in [0.15, 0.2) is 16.3 Å². The monoisotopic (exact) mass is 297 g/mol. The SMILES string of the molecule is C=Nc1c(C(N)=NC)ncn1C1OC(C(C)O)C(O)C1O. The lowest BCUT2D eigenvalue weighted by molar-refractivity contribution is -0.0783. The van der Waals surface area contributed by atoms with Crippen LogP contribution in [0.4, 0.5) is 5.82 Å². The Morgan fingerprint density at radius 3 is 2.67 bits per heavy atom. The molecule has 0 bridgehead atoms. The molecule has 9 heteroatoms. The molecule has 5 unspecified atom stereocenters. The standard InChI is InChI=1S/C12H19N5O4/c1-5(18)9-7(19)8(20)12(21-9)17-4-16-6(10(13)14-2)11(17)15-3/h4-5,7-9,12,18-20H,3H2,1-2H3,(H2,13,14). The Morgan fingerprint density at radius 1 is 1.52 bits per heavy atom. The van der Waals surface area contributed by atoms with Crippen LogP contribution in [0.2, 0.25) is 0 Å². The summed E-state index contributed by atoms with van der Waals surface area (Å²) in [6.45, 7) is 4.91. The molecule has 0 saturated carbocycles. The minimum absolute atomic E-state index is 0.163. The molecule has 5 N–H and O–H groups in total. The number of aromatic nitrogens is 2. The van der Waals surface area contributed by atoms with Crippen LogP contribution in [-0.4, -0.2) is 68.9 Å². The molecule has 1 saturated heterocycles. The normalized spacial score (nSPS) is 31.4. The predicted octanol–water partition coefficient (Wildman–Crippen LogP) is -1.45. The topological polar surface area (TPSA) is 138 Å². The van der Waals surface area contributed by atoms with Gasteiger partial charge in [0, 0.05) is 7.05 Å². The molecule has 9 nitrogen and oxygen atoms in total. The van der Waals surface area contributed by atoms with Gasteiger partial charge in [-0.05, 0) is 13.6 Å². The van der Waals surface area contributed by atoms with Crippen molar-refractivity contribution in [2.24, 2.45) is 15.7 Å². The number of ether oxygens (including phenoxy) is 1. The molecular weight excluding hydrogens is 278 g/mol. The molecule has 2 rings (SSSR count). The minimum atomic E-state index is -1.24. The number of hydrogen-bond acceptors (Lipinski definition) is 7. The highest BCUT2D eigenvalue weighted by molar-refractivity contribution is 5.99. The van der Waals surface area contributed by atoms with Crippen LogP contribution in [0.3, 0.4) is 0 Å². The number of imidazole rings is 1.